The van der Waals surface area contributed by atoms with Gasteiger partial charge in [0.1, 0.15) is 12.0 Å². The van der Waals surface area contributed by atoms with Crippen molar-refractivity contribution in [1.82, 2.24) is 0 Å². The lowest BCUT2D eigenvalue weighted by molar-refractivity contribution is -0.152. The van der Waals surface area contributed by atoms with Gasteiger partial charge in [0, 0.05) is 0 Å². The lowest BCUT2D eigenvalue weighted by Gasteiger charge is -2.21. The molecule has 0 aliphatic heterocycles. The third-order valence-corrected chi connectivity index (χ3v) is 2.27. The summed E-state index contributed by atoms with van der Waals surface area (Å²) in [6.45, 7) is 5.44. The van der Waals surface area contributed by atoms with E-state index in [1.807, 2.05) is 0 Å². The molecule has 0 N–H and O–H groups in total. The Balaban J connectivity index is 3.14. The first-order valence-corrected chi connectivity index (χ1v) is 4.99. The summed E-state index contributed by atoms with van der Waals surface area (Å²) >= 11 is 0. The van der Waals surface area contributed by atoms with E-state index in [0.717, 1.165) is 0 Å². The normalized spacial score (nSPS) is 13.8. The molecule has 1 unspecified atom stereocenters. The lowest BCUT2D eigenvalue weighted by atomic mass is 9.83. The molecule has 0 radical (unpaired) electrons. The Labute approximate surface area is 93.9 Å². The van der Waals surface area contributed by atoms with Crippen molar-refractivity contribution in [2.45, 2.75) is 18.8 Å². The summed E-state index contributed by atoms with van der Waals surface area (Å²) in [7, 11) is 0. The Hall–Kier alpha value is -1.84. The molecule has 0 spiro atoms. The number of hydrogen-bond acceptors (Lipinski definition) is 4. The van der Waals surface area contributed by atoms with Crippen LogP contribution in [-0.4, -0.2) is 18.9 Å². The number of allylic oxidation sites excluding steroid dienone is 1. The number of rotatable bonds is 6. The van der Waals surface area contributed by atoms with Crippen LogP contribution in [0.25, 0.3) is 0 Å². The quantitative estimate of drug-likeness (QED) is 0.319. The van der Waals surface area contributed by atoms with Crippen LogP contribution in [0.3, 0.4) is 0 Å². The van der Waals surface area contributed by atoms with Gasteiger partial charge in [-0.2, -0.15) is 0 Å². The second kappa shape index (κ2) is 5.30. The molecule has 0 amide bonds. The molecule has 4 nitrogen and oxygen atoms in total. The molecule has 86 valence electrons. The molecule has 0 fully saturated rings. The highest BCUT2D eigenvalue weighted by Crippen LogP contribution is 2.28. The Morgan fingerprint density at radius 1 is 1.69 bits per heavy atom. The topological polar surface area (TPSA) is 56.5 Å². The van der Waals surface area contributed by atoms with Crippen molar-refractivity contribution in [3.8, 4) is 0 Å². The molecule has 1 heterocycles. The molecular formula is C12H14O4. The van der Waals surface area contributed by atoms with Gasteiger partial charge in [-0.25, -0.2) is 0 Å². The zero-order chi connectivity index (χ0) is 12.0. The zero-order valence-corrected chi connectivity index (χ0v) is 9.14. The van der Waals surface area contributed by atoms with Gasteiger partial charge in [-0.05, 0) is 25.5 Å². The van der Waals surface area contributed by atoms with E-state index in [1.165, 1.54) is 12.3 Å². The molecule has 0 aliphatic carbocycles. The van der Waals surface area contributed by atoms with Crippen LogP contribution >= 0.6 is 0 Å². The van der Waals surface area contributed by atoms with Crippen LogP contribution in [0.15, 0.2) is 35.5 Å². The number of carbonyl (C=O) groups excluding carboxylic acids is 2. The summed E-state index contributed by atoms with van der Waals surface area (Å²) in [5.41, 5.74) is -1.40. The lowest BCUT2D eigenvalue weighted by Crippen LogP contribution is -2.38. The first-order chi connectivity index (χ1) is 7.71. The number of furan rings is 1. The SMILES string of the molecule is C=CCC(C=O)(C(=O)OCC)c1ccco1. The van der Waals surface area contributed by atoms with Crippen molar-refractivity contribution < 1.29 is 18.7 Å². The first-order valence-electron chi connectivity index (χ1n) is 4.99. The first kappa shape index (κ1) is 12.2. The average Bonchev–Trinajstić information content (AvgIpc) is 2.80. The average molecular weight is 222 g/mol. The van der Waals surface area contributed by atoms with Crippen LogP contribution < -0.4 is 0 Å². The van der Waals surface area contributed by atoms with Crippen LogP contribution in [0.5, 0.6) is 0 Å². The summed E-state index contributed by atoms with van der Waals surface area (Å²) in [6, 6.07) is 3.20. The van der Waals surface area contributed by atoms with Gasteiger partial charge in [-0.15, -0.1) is 6.58 Å². The second-order valence-electron chi connectivity index (χ2n) is 3.28. The predicted octanol–water partition coefficient (Wildman–Crippen LogP) is 1.86. The Kier molecular flexibility index (Phi) is 4.05. The third kappa shape index (κ3) is 2.05. The predicted molar refractivity (Wildman–Crippen MR) is 57.9 cm³/mol. The van der Waals surface area contributed by atoms with E-state index in [4.69, 9.17) is 9.15 Å². The highest BCUT2D eigenvalue weighted by atomic mass is 16.5. The molecule has 0 bridgehead atoms. The molecular weight excluding hydrogens is 208 g/mol. The second-order valence-corrected chi connectivity index (χ2v) is 3.28. The molecule has 1 aromatic rings. The summed E-state index contributed by atoms with van der Waals surface area (Å²) in [6.07, 6.45) is 3.61. The van der Waals surface area contributed by atoms with Crippen LogP contribution in [0.4, 0.5) is 0 Å². The van der Waals surface area contributed by atoms with Gasteiger partial charge in [0.05, 0.1) is 12.9 Å². The molecule has 0 saturated heterocycles. The van der Waals surface area contributed by atoms with E-state index in [9.17, 15) is 9.59 Å². The maximum absolute atomic E-state index is 11.8. The van der Waals surface area contributed by atoms with E-state index >= 15 is 0 Å². The molecule has 0 aliphatic rings. The molecule has 1 aromatic heterocycles. The number of ether oxygens (including phenoxy) is 1. The van der Waals surface area contributed by atoms with Gasteiger partial charge < -0.3 is 13.9 Å². The van der Waals surface area contributed by atoms with E-state index in [1.54, 1.807) is 19.1 Å². The number of hydrogen-bond donors (Lipinski definition) is 0. The van der Waals surface area contributed by atoms with Crippen LogP contribution in [0, 0.1) is 0 Å². The van der Waals surface area contributed by atoms with Crippen molar-refractivity contribution in [3.63, 3.8) is 0 Å². The summed E-state index contributed by atoms with van der Waals surface area (Å²) in [5.74, 6) is -0.333. The molecule has 4 heteroatoms. The van der Waals surface area contributed by atoms with Gasteiger partial charge >= 0.3 is 5.97 Å². The smallest absolute Gasteiger partial charge is 0.327 e. The highest BCUT2D eigenvalue weighted by Gasteiger charge is 2.43. The third-order valence-electron chi connectivity index (χ3n) is 2.27. The fourth-order valence-electron chi connectivity index (χ4n) is 1.46. The molecule has 0 aromatic carbocycles. The fourth-order valence-corrected chi connectivity index (χ4v) is 1.46. The van der Waals surface area contributed by atoms with E-state index in [0.29, 0.717) is 6.29 Å². The van der Waals surface area contributed by atoms with E-state index in [2.05, 4.69) is 6.58 Å². The van der Waals surface area contributed by atoms with Crippen LogP contribution in [-0.2, 0) is 19.7 Å². The minimum absolute atomic E-state index is 0.156. The Morgan fingerprint density at radius 2 is 2.44 bits per heavy atom. The van der Waals surface area contributed by atoms with Crippen LogP contribution in [0.2, 0.25) is 0 Å². The zero-order valence-electron chi connectivity index (χ0n) is 9.14. The largest absolute Gasteiger partial charge is 0.468 e. The summed E-state index contributed by atoms with van der Waals surface area (Å²) in [4.78, 5) is 23.0. The van der Waals surface area contributed by atoms with Crippen molar-refractivity contribution >= 4 is 12.3 Å². The monoisotopic (exact) mass is 222 g/mol. The standard InChI is InChI=1S/C12H14O4/c1-3-7-12(9-13,11(14)15-4-2)10-6-5-8-16-10/h3,5-6,8-9H,1,4,7H2,2H3. The molecule has 0 saturated carbocycles. The molecule has 1 rings (SSSR count). The van der Waals surface area contributed by atoms with Gasteiger partial charge in [0.25, 0.3) is 0 Å². The van der Waals surface area contributed by atoms with Crippen molar-refractivity contribution in [3.05, 3.63) is 36.8 Å². The molecule has 1 atom stereocenters. The van der Waals surface area contributed by atoms with E-state index < -0.39 is 11.4 Å². The highest BCUT2D eigenvalue weighted by molar-refractivity contribution is 5.99. The van der Waals surface area contributed by atoms with Gasteiger partial charge in [-0.3, -0.25) is 4.79 Å². The minimum atomic E-state index is -1.40. The van der Waals surface area contributed by atoms with Crippen LogP contribution in [0.1, 0.15) is 19.1 Å². The number of esters is 1. The van der Waals surface area contributed by atoms with Crippen molar-refractivity contribution in [2.24, 2.45) is 0 Å². The van der Waals surface area contributed by atoms with Crippen molar-refractivity contribution in [2.75, 3.05) is 6.61 Å². The maximum atomic E-state index is 11.8. The Bertz CT molecular complexity index is 366. The maximum Gasteiger partial charge on any atom is 0.327 e. The molecule has 16 heavy (non-hydrogen) atoms. The fraction of sp³-hybridized carbons (Fsp3) is 0.333. The number of carbonyl (C=O) groups is 2. The van der Waals surface area contributed by atoms with Crippen molar-refractivity contribution in [1.29, 1.82) is 0 Å². The van der Waals surface area contributed by atoms with Gasteiger partial charge in [-0.1, -0.05) is 6.08 Å². The Morgan fingerprint density at radius 3 is 2.88 bits per heavy atom. The van der Waals surface area contributed by atoms with E-state index in [-0.39, 0.29) is 18.8 Å². The van der Waals surface area contributed by atoms with Gasteiger partial charge in [0.15, 0.2) is 5.41 Å². The van der Waals surface area contributed by atoms with Gasteiger partial charge in [0.2, 0.25) is 0 Å². The summed E-state index contributed by atoms with van der Waals surface area (Å²) in [5, 5.41) is 0. The summed E-state index contributed by atoms with van der Waals surface area (Å²) < 4.78 is 10.0. The number of aldehydes is 1. The minimum Gasteiger partial charge on any atom is -0.468 e.